The monoisotopic (exact) mass is 293 g/mol. The number of carboxylic acids is 1. The molecule has 0 aliphatic heterocycles. The first-order valence-electron chi connectivity index (χ1n) is 6.37. The van der Waals surface area contributed by atoms with Crippen LogP contribution in [0.4, 0.5) is 5.69 Å². The van der Waals surface area contributed by atoms with Crippen molar-refractivity contribution in [3.05, 3.63) is 47.2 Å². The molecular weight excluding hydrogens is 278 g/mol. The van der Waals surface area contributed by atoms with E-state index in [-0.39, 0.29) is 0 Å². The fraction of sp³-hybridized carbons (Fsp3) is 0.286. The Bertz CT molecular complexity index is 580. The van der Waals surface area contributed by atoms with Crippen LogP contribution in [0, 0.1) is 0 Å². The summed E-state index contributed by atoms with van der Waals surface area (Å²) in [5.74, 6) is -0.948. The number of aryl methyl sites for hydroxylation is 1. The lowest BCUT2D eigenvalue weighted by atomic mass is 10.1. The Kier molecular flexibility index (Phi) is 4.63. The molecule has 5 nitrogen and oxygen atoms in total. The standard InChI is InChI=1S/C14H16ClN3O2/c1-2-7-18-9-10(8-16-18)13(14(19)20)17-12-5-3-11(15)4-6-12/h3-6,8-9,13,17H,2,7H2,1H3,(H,19,20). The van der Waals surface area contributed by atoms with Gasteiger partial charge in [-0.15, -0.1) is 0 Å². The van der Waals surface area contributed by atoms with E-state index in [0.29, 0.717) is 16.3 Å². The maximum absolute atomic E-state index is 11.4. The van der Waals surface area contributed by atoms with Crippen LogP contribution in [-0.2, 0) is 11.3 Å². The largest absolute Gasteiger partial charge is 0.479 e. The number of hydrogen-bond acceptors (Lipinski definition) is 3. The summed E-state index contributed by atoms with van der Waals surface area (Å²) in [6.07, 6.45) is 4.28. The normalized spacial score (nSPS) is 12.1. The molecule has 0 fully saturated rings. The van der Waals surface area contributed by atoms with Gasteiger partial charge >= 0.3 is 5.97 Å². The Morgan fingerprint density at radius 2 is 2.15 bits per heavy atom. The summed E-state index contributed by atoms with van der Waals surface area (Å²) >= 11 is 5.81. The van der Waals surface area contributed by atoms with Crippen LogP contribution in [0.25, 0.3) is 0 Å². The van der Waals surface area contributed by atoms with Gasteiger partial charge in [0.1, 0.15) is 0 Å². The lowest BCUT2D eigenvalue weighted by Gasteiger charge is -2.14. The first-order chi connectivity index (χ1) is 9.60. The molecule has 0 amide bonds. The summed E-state index contributed by atoms with van der Waals surface area (Å²) in [7, 11) is 0. The summed E-state index contributed by atoms with van der Waals surface area (Å²) in [6.45, 7) is 2.81. The average molecular weight is 294 g/mol. The van der Waals surface area contributed by atoms with Crippen molar-refractivity contribution in [2.24, 2.45) is 0 Å². The second-order valence-corrected chi connectivity index (χ2v) is 4.90. The van der Waals surface area contributed by atoms with Gasteiger partial charge in [0.2, 0.25) is 0 Å². The zero-order chi connectivity index (χ0) is 14.5. The Balaban J connectivity index is 2.17. The first-order valence-corrected chi connectivity index (χ1v) is 6.75. The van der Waals surface area contributed by atoms with Gasteiger partial charge in [0.05, 0.1) is 6.20 Å². The van der Waals surface area contributed by atoms with E-state index in [0.717, 1.165) is 13.0 Å². The molecule has 1 aromatic carbocycles. The van der Waals surface area contributed by atoms with Crippen molar-refractivity contribution in [2.45, 2.75) is 25.9 Å². The number of nitrogens with one attached hydrogen (secondary N) is 1. The number of anilines is 1. The number of hydrogen-bond donors (Lipinski definition) is 2. The van der Waals surface area contributed by atoms with Gasteiger partial charge in [-0.3, -0.25) is 4.68 Å². The number of aliphatic carboxylic acids is 1. The van der Waals surface area contributed by atoms with Gasteiger partial charge in [0.15, 0.2) is 6.04 Å². The van der Waals surface area contributed by atoms with E-state index in [4.69, 9.17) is 11.6 Å². The van der Waals surface area contributed by atoms with Gasteiger partial charge in [-0.2, -0.15) is 5.10 Å². The van der Waals surface area contributed by atoms with Crippen molar-refractivity contribution in [1.29, 1.82) is 0 Å². The van der Waals surface area contributed by atoms with E-state index < -0.39 is 12.0 Å². The smallest absolute Gasteiger partial charge is 0.330 e. The molecule has 20 heavy (non-hydrogen) atoms. The van der Waals surface area contributed by atoms with Gasteiger partial charge < -0.3 is 10.4 Å². The number of carbonyl (C=O) groups is 1. The summed E-state index contributed by atoms with van der Waals surface area (Å²) in [5.41, 5.74) is 1.32. The van der Waals surface area contributed by atoms with Gasteiger partial charge in [0.25, 0.3) is 0 Å². The van der Waals surface area contributed by atoms with Crippen molar-refractivity contribution < 1.29 is 9.90 Å². The Hall–Kier alpha value is -2.01. The number of benzene rings is 1. The van der Waals surface area contributed by atoms with Crippen molar-refractivity contribution >= 4 is 23.3 Å². The lowest BCUT2D eigenvalue weighted by molar-refractivity contribution is -0.138. The van der Waals surface area contributed by atoms with Crippen LogP contribution < -0.4 is 5.32 Å². The summed E-state index contributed by atoms with van der Waals surface area (Å²) in [5, 5.41) is 17.1. The van der Waals surface area contributed by atoms with Crippen molar-refractivity contribution in [3.63, 3.8) is 0 Å². The highest BCUT2D eigenvalue weighted by atomic mass is 35.5. The average Bonchev–Trinajstić information content (AvgIpc) is 2.86. The molecule has 6 heteroatoms. The highest BCUT2D eigenvalue weighted by Crippen LogP contribution is 2.21. The number of rotatable bonds is 6. The van der Waals surface area contributed by atoms with Crippen molar-refractivity contribution in [2.75, 3.05) is 5.32 Å². The molecule has 0 bridgehead atoms. The third kappa shape index (κ3) is 3.51. The molecule has 1 heterocycles. The molecule has 2 N–H and O–H groups in total. The number of carboxylic acid groups (broad SMARTS) is 1. The Morgan fingerprint density at radius 3 is 2.75 bits per heavy atom. The van der Waals surface area contributed by atoms with Crippen LogP contribution >= 0.6 is 11.6 Å². The van der Waals surface area contributed by atoms with E-state index in [2.05, 4.69) is 10.4 Å². The maximum Gasteiger partial charge on any atom is 0.330 e. The van der Waals surface area contributed by atoms with Gasteiger partial charge in [-0.25, -0.2) is 4.79 Å². The fourth-order valence-corrected chi connectivity index (χ4v) is 2.01. The van der Waals surface area contributed by atoms with Crippen molar-refractivity contribution in [1.82, 2.24) is 9.78 Å². The minimum absolute atomic E-state index is 0.609. The van der Waals surface area contributed by atoms with Gasteiger partial charge in [-0.1, -0.05) is 18.5 Å². The first kappa shape index (κ1) is 14.4. The molecule has 2 aromatic rings. The van der Waals surface area contributed by atoms with Gasteiger partial charge in [0, 0.05) is 29.0 Å². The van der Waals surface area contributed by atoms with E-state index in [9.17, 15) is 9.90 Å². The number of halogens is 1. The molecule has 1 aromatic heterocycles. The molecule has 0 aliphatic rings. The van der Waals surface area contributed by atoms with E-state index in [1.54, 1.807) is 41.3 Å². The van der Waals surface area contributed by atoms with Crippen LogP contribution in [-0.4, -0.2) is 20.9 Å². The third-order valence-electron chi connectivity index (χ3n) is 2.84. The number of aromatic nitrogens is 2. The Labute approximate surface area is 122 Å². The quantitative estimate of drug-likeness (QED) is 0.858. The van der Waals surface area contributed by atoms with E-state index in [1.807, 2.05) is 6.92 Å². The summed E-state index contributed by atoms with van der Waals surface area (Å²) < 4.78 is 1.74. The topological polar surface area (TPSA) is 67.2 Å². The second-order valence-electron chi connectivity index (χ2n) is 4.46. The highest BCUT2D eigenvalue weighted by Gasteiger charge is 2.21. The SMILES string of the molecule is CCCn1cc(C(Nc2ccc(Cl)cc2)C(=O)O)cn1. The summed E-state index contributed by atoms with van der Waals surface area (Å²) in [4.78, 5) is 11.4. The molecule has 106 valence electrons. The lowest BCUT2D eigenvalue weighted by Crippen LogP contribution is -2.20. The van der Waals surface area contributed by atoms with Crippen LogP contribution in [0.2, 0.25) is 5.02 Å². The molecule has 0 radical (unpaired) electrons. The zero-order valence-electron chi connectivity index (χ0n) is 11.1. The molecule has 0 aliphatic carbocycles. The molecule has 2 rings (SSSR count). The predicted molar refractivity (Wildman–Crippen MR) is 78.0 cm³/mol. The fourth-order valence-electron chi connectivity index (χ4n) is 1.88. The second kappa shape index (κ2) is 6.43. The summed E-state index contributed by atoms with van der Waals surface area (Å²) in [6, 6.07) is 6.08. The van der Waals surface area contributed by atoms with Crippen LogP contribution in [0.5, 0.6) is 0 Å². The van der Waals surface area contributed by atoms with Crippen molar-refractivity contribution in [3.8, 4) is 0 Å². The van der Waals surface area contributed by atoms with Crippen LogP contribution in [0.3, 0.4) is 0 Å². The van der Waals surface area contributed by atoms with E-state index in [1.165, 1.54) is 0 Å². The zero-order valence-corrected chi connectivity index (χ0v) is 11.8. The molecule has 0 saturated heterocycles. The maximum atomic E-state index is 11.4. The minimum Gasteiger partial charge on any atom is -0.479 e. The Morgan fingerprint density at radius 1 is 1.45 bits per heavy atom. The third-order valence-corrected chi connectivity index (χ3v) is 3.09. The molecule has 0 saturated carbocycles. The molecule has 0 spiro atoms. The van der Waals surface area contributed by atoms with E-state index >= 15 is 0 Å². The minimum atomic E-state index is -0.948. The molecule has 1 atom stereocenters. The molecular formula is C14H16ClN3O2. The van der Waals surface area contributed by atoms with Gasteiger partial charge in [-0.05, 0) is 30.7 Å². The van der Waals surface area contributed by atoms with Crippen LogP contribution in [0.1, 0.15) is 24.9 Å². The predicted octanol–water partition coefficient (Wildman–Crippen LogP) is 3.18. The number of nitrogens with zero attached hydrogens (tertiary/aromatic N) is 2. The van der Waals surface area contributed by atoms with Crippen LogP contribution in [0.15, 0.2) is 36.7 Å². The molecule has 1 unspecified atom stereocenters. The highest BCUT2D eigenvalue weighted by molar-refractivity contribution is 6.30.